The summed E-state index contributed by atoms with van der Waals surface area (Å²) >= 11 is 0. The van der Waals surface area contributed by atoms with E-state index in [4.69, 9.17) is 0 Å². The number of hydrogen-bond donors (Lipinski definition) is 2. The molecule has 0 radical (unpaired) electrons. The fourth-order valence-electron chi connectivity index (χ4n) is 7.99. The van der Waals surface area contributed by atoms with E-state index in [-0.39, 0.29) is 11.8 Å². The van der Waals surface area contributed by atoms with E-state index in [2.05, 4.69) is 126 Å². The first-order chi connectivity index (χ1) is 20.7. The van der Waals surface area contributed by atoms with E-state index >= 15 is 0 Å². The van der Waals surface area contributed by atoms with Crippen molar-refractivity contribution in [2.24, 2.45) is 0 Å². The van der Waals surface area contributed by atoms with Crippen LogP contribution < -0.4 is 20.7 Å². The van der Waals surface area contributed by atoms with Gasteiger partial charge in [0.2, 0.25) is 0 Å². The van der Waals surface area contributed by atoms with Gasteiger partial charge >= 0.3 is 0 Å². The van der Waals surface area contributed by atoms with E-state index in [1.54, 1.807) is 4.57 Å². The lowest BCUT2D eigenvalue weighted by Crippen LogP contribution is -2.78. The van der Waals surface area contributed by atoms with Gasteiger partial charge in [-0.2, -0.15) is 0 Å². The zero-order chi connectivity index (χ0) is 28.6. The summed E-state index contributed by atoms with van der Waals surface area (Å²) in [7, 11) is -4.84. The summed E-state index contributed by atoms with van der Waals surface area (Å²) in [6, 6.07) is 47.4. The van der Waals surface area contributed by atoms with Gasteiger partial charge in [0.05, 0.1) is 0 Å². The highest BCUT2D eigenvalue weighted by atomic mass is 28.4. The number of aromatic nitrogens is 1. The van der Waals surface area contributed by atoms with E-state index in [0.29, 0.717) is 6.54 Å². The van der Waals surface area contributed by atoms with Crippen molar-refractivity contribution in [1.29, 1.82) is 0 Å². The molecular formula is C36H38N2O2Si2. The summed E-state index contributed by atoms with van der Waals surface area (Å²) in [5.74, 6) is 0.538. The van der Waals surface area contributed by atoms with Gasteiger partial charge in [-0.3, -0.25) is 4.57 Å². The number of benzene rings is 4. The average Bonchev–Trinajstić information content (AvgIpc) is 3.74. The molecular weight excluding hydrogens is 549 g/mol. The Bertz CT molecular complexity index is 1460. The minimum atomic E-state index is -2.42. The van der Waals surface area contributed by atoms with Crippen LogP contribution in [0.4, 0.5) is 0 Å². The molecule has 2 aliphatic rings. The minimum Gasteiger partial charge on any atom is -0.494 e. The van der Waals surface area contributed by atoms with E-state index < -0.39 is 16.5 Å². The van der Waals surface area contributed by atoms with Crippen molar-refractivity contribution in [3.63, 3.8) is 0 Å². The third-order valence-electron chi connectivity index (χ3n) is 9.81. The lowest BCUT2D eigenvalue weighted by atomic mass is 10.2. The zero-order valence-corrected chi connectivity index (χ0v) is 26.0. The molecule has 4 aromatic carbocycles. The first kappa shape index (κ1) is 27.0. The molecule has 7 rings (SSSR count). The second kappa shape index (κ2) is 11.1. The quantitative estimate of drug-likeness (QED) is 0.261. The first-order valence-electron chi connectivity index (χ1n) is 15.3. The summed E-state index contributed by atoms with van der Waals surface area (Å²) in [6.07, 6.45) is 3.55. The van der Waals surface area contributed by atoms with Crippen LogP contribution >= 0.6 is 0 Å². The highest BCUT2D eigenvalue weighted by molar-refractivity contribution is 7.17. The van der Waals surface area contributed by atoms with Gasteiger partial charge in [0.1, 0.15) is 0 Å². The molecule has 0 spiro atoms. The molecule has 0 unspecified atom stereocenters. The number of nitrogens with zero attached hydrogens (tertiary/aromatic N) is 2. The van der Waals surface area contributed by atoms with Gasteiger partial charge in [-0.25, -0.2) is 0 Å². The maximum atomic E-state index is 11.0. The van der Waals surface area contributed by atoms with E-state index in [1.807, 2.05) is 0 Å². The molecule has 0 atom stereocenters. The van der Waals surface area contributed by atoms with Crippen molar-refractivity contribution in [2.75, 3.05) is 6.54 Å². The third kappa shape index (κ3) is 4.20. The fraction of sp³-hybridized carbons (Fsp3) is 0.222. The van der Waals surface area contributed by atoms with Gasteiger partial charge in [-0.1, -0.05) is 121 Å². The summed E-state index contributed by atoms with van der Waals surface area (Å²) in [6.45, 7) is 1.50. The normalized spacial score (nSPS) is 17.3. The number of aromatic hydroxyl groups is 2. The Kier molecular flexibility index (Phi) is 7.14. The number of hydrogen-bond acceptors (Lipinski definition) is 3. The standard InChI is InChI=1S/C36H38N2O2Si2/c39-35-33-23-13-24-34(33)36(40)37(35)25-14-26-38-41(29-15-5-1-6-16-29,30-17-7-2-8-18-30)27-28-42(38,31-19-9-3-10-20-31)32-21-11-4-12-22-32/h1-12,15-22,39-40H,13-14,23-28H2. The van der Waals surface area contributed by atoms with E-state index in [0.717, 1.165) is 55.4 Å². The van der Waals surface area contributed by atoms with Crippen LogP contribution in [0.2, 0.25) is 12.1 Å². The maximum absolute atomic E-state index is 11.0. The minimum absolute atomic E-state index is 0.269. The van der Waals surface area contributed by atoms with Crippen LogP contribution in [-0.2, 0) is 19.4 Å². The highest BCUT2D eigenvalue weighted by Gasteiger charge is 2.60. The Morgan fingerprint density at radius 1 is 0.500 bits per heavy atom. The molecule has 0 amide bonds. The van der Waals surface area contributed by atoms with Gasteiger partial charge in [-0.15, -0.1) is 0 Å². The molecule has 0 bridgehead atoms. The first-order valence-corrected chi connectivity index (χ1v) is 19.6. The van der Waals surface area contributed by atoms with E-state index in [9.17, 15) is 10.2 Å². The topological polar surface area (TPSA) is 48.6 Å². The molecule has 0 saturated carbocycles. The van der Waals surface area contributed by atoms with Crippen LogP contribution in [0.5, 0.6) is 11.8 Å². The summed E-state index contributed by atoms with van der Waals surface area (Å²) in [4.78, 5) is 0. The van der Waals surface area contributed by atoms with Gasteiger partial charge in [-0.05, 0) is 65.1 Å². The van der Waals surface area contributed by atoms with Crippen molar-refractivity contribution in [3.8, 4) is 11.8 Å². The van der Waals surface area contributed by atoms with Gasteiger partial charge in [0.15, 0.2) is 28.2 Å². The summed E-state index contributed by atoms with van der Waals surface area (Å²) in [5.41, 5.74) is 1.89. The third-order valence-corrected chi connectivity index (χ3v) is 22.0. The van der Waals surface area contributed by atoms with Crippen LogP contribution in [0.1, 0.15) is 24.0 Å². The second-order valence-electron chi connectivity index (χ2n) is 11.8. The Balaban J connectivity index is 1.39. The highest BCUT2D eigenvalue weighted by Crippen LogP contribution is 2.41. The Morgan fingerprint density at radius 3 is 1.21 bits per heavy atom. The van der Waals surface area contributed by atoms with Gasteiger partial charge < -0.3 is 14.4 Å². The van der Waals surface area contributed by atoms with Crippen LogP contribution in [0.25, 0.3) is 0 Å². The second-order valence-corrected chi connectivity index (χ2v) is 20.1. The molecule has 42 heavy (non-hydrogen) atoms. The van der Waals surface area contributed by atoms with Crippen molar-refractivity contribution < 1.29 is 10.2 Å². The molecule has 1 aliphatic carbocycles. The average molecular weight is 587 g/mol. The van der Waals surface area contributed by atoms with Crippen LogP contribution in [0.3, 0.4) is 0 Å². The number of rotatable bonds is 8. The Labute approximate surface area is 250 Å². The molecule has 5 aromatic rings. The largest absolute Gasteiger partial charge is 0.494 e. The Morgan fingerprint density at radius 2 is 0.857 bits per heavy atom. The molecule has 212 valence electrons. The molecule has 1 saturated heterocycles. The van der Waals surface area contributed by atoms with Gasteiger partial charge in [0, 0.05) is 17.7 Å². The predicted molar refractivity (Wildman–Crippen MR) is 177 cm³/mol. The fourth-order valence-corrected chi connectivity index (χ4v) is 23.4. The molecule has 1 fully saturated rings. The van der Waals surface area contributed by atoms with E-state index in [1.165, 1.54) is 20.7 Å². The smallest absolute Gasteiger partial charge is 0.197 e. The lowest BCUT2D eigenvalue weighted by Gasteiger charge is -2.47. The van der Waals surface area contributed by atoms with Crippen molar-refractivity contribution in [1.82, 2.24) is 8.80 Å². The molecule has 1 aliphatic heterocycles. The monoisotopic (exact) mass is 586 g/mol. The maximum Gasteiger partial charge on any atom is 0.197 e. The van der Waals surface area contributed by atoms with Crippen LogP contribution in [0.15, 0.2) is 121 Å². The lowest BCUT2D eigenvalue weighted by molar-refractivity contribution is 0.356. The molecule has 1 aromatic heterocycles. The SMILES string of the molecule is Oc1c2c(c(O)n1CCCN1[Si](c3ccccc3)(c3ccccc3)CC[Si]1(c1ccccc1)c1ccccc1)CCC2. The predicted octanol–water partition coefficient (Wildman–Crippen LogP) is 4.61. The van der Waals surface area contributed by atoms with Crippen molar-refractivity contribution in [3.05, 3.63) is 132 Å². The van der Waals surface area contributed by atoms with Crippen LogP contribution in [-0.4, -0.2) is 42.0 Å². The molecule has 6 heteroatoms. The van der Waals surface area contributed by atoms with Gasteiger partial charge in [0.25, 0.3) is 0 Å². The molecule has 4 nitrogen and oxygen atoms in total. The molecule has 2 N–H and O–H groups in total. The summed E-state index contributed by atoms with van der Waals surface area (Å²) < 4.78 is 4.78. The summed E-state index contributed by atoms with van der Waals surface area (Å²) in [5, 5.41) is 27.9. The Hall–Kier alpha value is -3.85. The zero-order valence-electron chi connectivity index (χ0n) is 24.0. The molecule has 2 heterocycles. The van der Waals surface area contributed by atoms with Crippen LogP contribution in [0, 0.1) is 0 Å². The van der Waals surface area contributed by atoms with Crippen molar-refractivity contribution in [2.45, 2.75) is 44.3 Å². The van der Waals surface area contributed by atoms with Crippen molar-refractivity contribution >= 4 is 37.2 Å². The number of fused-ring (bicyclic) bond motifs is 1.